The van der Waals surface area contributed by atoms with Crippen molar-refractivity contribution in [3.05, 3.63) is 93.4 Å². The van der Waals surface area contributed by atoms with Gasteiger partial charge in [0.05, 0.1) is 12.2 Å². The van der Waals surface area contributed by atoms with Crippen LogP contribution in [-0.2, 0) is 13.2 Å². The van der Waals surface area contributed by atoms with Crippen LogP contribution in [0.5, 0.6) is 5.75 Å². The van der Waals surface area contributed by atoms with E-state index in [2.05, 4.69) is 11.6 Å². The van der Waals surface area contributed by atoms with Crippen molar-refractivity contribution in [2.75, 3.05) is 6.54 Å². The maximum Gasteiger partial charge on any atom is 0.254 e. The van der Waals surface area contributed by atoms with Gasteiger partial charge >= 0.3 is 0 Å². The van der Waals surface area contributed by atoms with Gasteiger partial charge in [0.1, 0.15) is 17.4 Å². The molecule has 28 heavy (non-hydrogen) atoms. The number of aromatic nitrogens is 1. The molecule has 0 aliphatic carbocycles. The fourth-order valence-electron chi connectivity index (χ4n) is 2.68. The zero-order chi connectivity index (χ0) is 19.9. The van der Waals surface area contributed by atoms with Crippen LogP contribution >= 0.6 is 22.9 Å². The molecule has 0 saturated carbocycles. The van der Waals surface area contributed by atoms with Crippen LogP contribution in [0, 0.1) is 6.92 Å². The highest BCUT2D eigenvalue weighted by atomic mass is 35.5. The number of carbonyl (C=O) groups is 1. The monoisotopic (exact) mass is 412 g/mol. The summed E-state index contributed by atoms with van der Waals surface area (Å²) in [7, 11) is 0. The molecule has 3 aromatic rings. The number of hydrogen-bond donors (Lipinski definition) is 0. The Hall–Kier alpha value is -2.63. The van der Waals surface area contributed by atoms with Gasteiger partial charge in [0.15, 0.2) is 0 Å². The van der Waals surface area contributed by atoms with E-state index in [-0.39, 0.29) is 5.91 Å². The third kappa shape index (κ3) is 5.44. The Morgan fingerprint density at radius 2 is 2.07 bits per heavy atom. The summed E-state index contributed by atoms with van der Waals surface area (Å²) < 4.78 is 5.81. The molecule has 0 bridgehead atoms. The highest BCUT2D eigenvalue weighted by Crippen LogP contribution is 2.18. The average Bonchev–Trinajstić information content (AvgIpc) is 3.14. The van der Waals surface area contributed by atoms with Crippen molar-refractivity contribution in [2.45, 2.75) is 20.1 Å². The Kier molecular flexibility index (Phi) is 6.85. The van der Waals surface area contributed by atoms with Crippen molar-refractivity contribution < 1.29 is 9.53 Å². The second-order valence-electron chi connectivity index (χ2n) is 6.32. The first kappa shape index (κ1) is 20.1. The quantitative estimate of drug-likeness (QED) is 0.458. The van der Waals surface area contributed by atoms with E-state index in [0.717, 1.165) is 22.0 Å². The zero-order valence-electron chi connectivity index (χ0n) is 15.6. The number of halogens is 1. The minimum Gasteiger partial charge on any atom is -0.486 e. The summed E-state index contributed by atoms with van der Waals surface area (Å²) in [6.07, 6.45) is 1.71. The molecule has 0 N–H and O–H groups in total. The Morgan fingerprint density at radius 1 is 1.29 bits per heavy atom. The van der Waals surface area contributed by atoms with Gasteiger partial charge in [-0.1, -0.05) is 29.8 Å². The van der Waals surface area contributed by atoms with Crippen molar-refractivity contribution in [3.8, 4) is 5.75 Å². The summed E-state index contributed by atoms with van der Waals surface area (Å²) in [5.41, 5.74) is 2.57. The predicted octanol–water partition coefficient (Wildman–Crippen LogP) is 5.51. The lowest BCUT2D eigenvalue weighted by molar-refractivity contribution is 0.0761. The summed E-state index contributed by atoms with van der Waals surface area (Å²) in [5, 5.41) is 3.43. The molecule has 2 aromatic carbocycles. The number of hydrogen-bond acceptors (Lipinski definition) is 4. The van der Waals surface area contributed by atoms with Gasteiger partial charge in [0, 0.05) is 22.5 Å². The lowest BCUT2D eigenvalue weighted by atomic mass is 10.2. The molecule has 0 fully saturated rings. The Balaban J connectivity index is 1.64. The second kappa shape index (κ2) is 9.53. The Morgan fingerprint density at radius 3 is 2.79 bits per heavy atom. The number of carbonyl (C=O) groups excluding carboxylic acids is 1. The van der Waals surface area contributed by atoms with Crippen LogP contribution in [-0.4, -0.2) is 22.3 Å². The third-order valence-corrected chi connectivity index (χ3v) is 5.16. The van der Waals surface area contributed by atoms with Crippen LogP contribution in [0.25, 0.3) is 0 Å². The van der Waals surface area contributed by atoms with Gasteiger partial charge in [-0.25, -0.2) is 4.98 Å². The molecule has 0 saturated heterocycles. The first-order valence-electron chi connectivity index (χ1n) is 8.83. The largest absolute Gasteiger partial charge is 0.486 e. The molecular weight excluding hydrogens is 392 g/mol. The maximum absolute atomic E-state index is 12.8. The molecule has 1 aromatic heterocycles. The molecule has 1 amide bonds. The fourth-order valence-corrected chi connectivity index (χ4v) is 3.51. The highest BCUT2D eigenvalue weighted by molar-refractivity contribution is 7.09. The number of nitrogens with zero attached hydrogens (tertiary/aromatic N) is 2. The zero-order valence-corrected chi connectivity index (χ0v) is 17.2. The van der Waals surface area contributed by atoms with Crippen LogP contribution in [0.15, 0.2) is 66.6 Å². The summed E-state index contributed by atoms with van der Waals surface area (Å²) in [6.45, 7) is 7.04. The van der Waals surface area contributed by atoms with E-state index in [0.29, 0.717) is 30.3 Å². The van der Waals surface area contributed by atoms with Crippen LogP contribution in [0.2, 0.25) is 5.02 Å². The van der Waals surface area contributed by atoms with Gasteiger partial charge in [-0.3, -0.25) is 4.79 Å². The molecule has 0 aliphatic rings. The van der Waals surface area contributed by atoms with Crippen molar-refractivity contribution in [1.82, 2.24) is 9.88 Å². The van der Waals surface area contributed by atoms with Crippen molar-refractivity contribution in [2.24, 2.45) is 0 Å². The third-order valence-electron chi connectivity index (χ3n) is 4.03. The number of amides is 1. The van der Waals surface area contributed by atoms with Gasteiger partial charge in [-0.15, -0.1) is 17.9 Å². The lowest BCUT2D eigenvalue weighted by Gasteiger charge is -2.20. The number of thiazole rings is 1. The van der Waals surface area contributed by atoms with Gasteiger partial charge in [-0.05, 0) is 48.9 Å². The van der Waals surface area contributed by atoms with E-state index in [1.165, 1.54) is 11.3 Å². The first-order chi connectivity index (χ1) is 13.5. The smallest absolute Gasteiger partial charge is 0.254 e. The van der Waals surface area contributed by atoms with Crippen LogP contribution < -0.4 is 4.74 Å². The molecule has 4 nitrogen and oxygen atoms in total. The summed E-state index contributed by atoms with van der Waals surface area (Å²) >= 11 is 7.44. The lowest BCUT2D eigenvalue weighted by Crippen LogP contribution is -2.30. The SMILES string of the molecule is C=CCN(Cc1csc(COc2cccc(C)c2)n1)C(=O)c1ccc(Cl)cc1. The van der Waals surface area contributed by atoms with E-state index >= 15 is 0 Å². The number of rotatable bonds is 8. The molecular formula is C22H21ClN2O2S. The molecule has 144 valence electrons. The topological polar surface area (TPSA) is 42.4 Å². The van der Waals surface area contributed by atoms with Crippen LogP contribution in [0.4, 0.5) is 0 Å². The normalized spacial score (nSPS) is 10.5. The molecule has 3 rings (SSSR count). The number of ether oxygens (including phenoxy) is 1. The summed E-state index contributed by atoms with van der Waals surface area (Å²) in [5.74, 6) is 0.741. The Bertz CT molecular complexity index is 953. The van der Waals surface area contributed by atoms with Gasteiger partial charge in [-0.2, -0.15) is 0 Å². The number of benzene rings is 2. The average molecular weight is 413 g/mol. The maximum atomic E-state index is 12.8. The van der Waals surface area contributed by atoms with E-state index in [9.17, 15) is 4.79 Å². The molecule has 6 heteroatoms. The molecule has 0 unspecified atom stereocenters. The molecule has 0 spiro atoms. The van der Waals surface area contributed by atoms with Crippen molar-refractivity contribution in [1.29, 1.82) is 0 Å². The van der Waals surface area contributed by atoms with Crippen molar-refractivity contribution >= 4 is 28.8 Å². The van der Waals surface area contributed by atoms with Gasteiger partial charge in [0.2, 0.25) is 0 Å². The minimum absolute atomic E-state index is 0.0814. The van der Waals surface area contributed by atoms with E-state index < -0.39 is 0 Å². The standard InChI is InChI=1S/C22H21ClN2O2S/c1-3-11-25(22(26)17-7-9-18(23)10-8-17)13-19-15-28-21(24-19)14-27-20-6-4-5-16(2)12-20/h3-10,12,15H,1,11,13-14H2,2H3. The minimum atomic E-state index is -0.0814. The fraction of sp³-hybridized carbons (Fsp3) is 0.182. The second-order valence-corrected chi connectivity index (χ2v) is 7.70. The van der Waals surface area contributed by atoms with E-state index in [4.69, 9.17) is 16.3 Å². The van der Waals surface area contributed by atoms with Crippen molar-refractivity contribution in [3.63, 3.8) is 0 Å². The molecule has 0 atom stereocenters. The van der Waals surface area contributed by atoms with Crippen LogP contribution in [0.1, 0.15) is 26.6 Å². The number of aryl methyl sites for hydroxylation is 1. The van der Waals surface area contributed by atoms with E-state index in [1.54, 1.807) is 35.2 Å². The Labute approximate surface area is 174 Å². The van der Waals surface area contributed by atoms with Gasteiger partial charge < -0.3 is 9.64 Å². The first-order valence-corrected chi connectivity index (χ1v) is 10.1. The summed E-state index contributed by atoms with van der Waals surface area (Å²) in [6, 6.07) is 14.8. The van der Waals surface area contributed by atoms with Crippen LogP contribution in [0.3, 0.4) is 0 Å². The summed E-state index contributed by atoms with van der Waals surface area (Å²) in [4.78, 5) is 19.1. The molecule has 1 heterocycles. The molecule has 0 radical (unpaired) electrons. The van der Waals surface area contributed by atoms with E-state index in [1.807, 2.05) is 36.6 Å². The van der Waals surface area contributed by atoms with Gasteiger partial charge in [0.25, 0.3) is 5.91 Å². The molecule has 0 aliphatic heterocycles. The predicted molar refractivity (Wildman–Crippen MR) is 114 cm³/mol. The highest BCUT2D eigenvalue weighted by Gasteiger charge is 2.16.